The van der Waals surface area contributed by atoms with Gasteiger partial charge in [0.2, 0.25) is 5.95 Å². The van der Waals surface area contributed by atoms with E-state index in [0.29, 0.717) is 5.82 Å². The standard InChI is InChI=1S/C13H16N4S/c14-12-9-10(11-5-4-8-18-11)15-13(16-12)17-6-2-1-3-7-17/h4-5,8-9H,1-3,6-7H2,(H2,14,15,16). The number of anilines is 2. The summed E-state index contributed by atoms with van der Waals surface area (Å²) < 4.78 is 0. The van der Waals surface area contributed by atoms with Crippen molar-refractivity contribution in [3.63, 3.8) is 0 Å². The number of hydrogen-bond acceptors (Lipinski definition) is 5. The maximum absolute atomic E-state index is 5.90. The van der Waals surface area contributed by atoms with Crippen molar-refractivity contribution >= 4 is 23.1 Å². The third kappa shape index (κ3) is 2.31. The van der Waals surface area contributed by atoms with Crippen molar-refractivity contribution in [3.8, 4) is 10.6 Å². The normalized spacial score (nSPS) is 15.9. The lowest BCUT2D eigenvalue weighted by Crippen LogP contribution is -2.31. The van der Waals surface area contributed by atoms with Crippen molar-refractivity contribution in [2.24, 2.45) is 0 Å². The largest absolute Gasteiger partial charge is 0.384 e. The lowest BCUT2D eigenvalue weighted by atomic mass is 10.1. The highest BCUT2D eigenvalue weighted by molar-refractivity contribution is 7.13. The molecular weight excluding hydrogens is 244 g/mol. The maximum atomic E-state index is 5.90. The highest BCUT2D eigenvalue weighted by atomic mass is 32.1. The molecule has 1 saturated heterocycles. The van der Waals surface area contributed by atoms with Gasteiger partial charge in [0.15, 0.2) is 0 Å². The second-order valence-electron chi connectivity index (χ2n) is 4.50. The van der Waals surface area contributed by atoms with Gasteiger partial charge in [-0.15, -0.1) is 11.3 Å². The van der Waals surface area contributed by atoms with Gasteiger partial charge in [0, 0.05) is 19.2 Å². The Morgan fingerprint density at radius 3 is 2.72 bits per heavy atom. The highest BCUT2D eigenvalue weighted by Gasteiger charge is 2.15. The van der Waals surface area contributed by atoms with Crippen LogP contribution in [0.2, 0.25) is 0 Å². The molecule has 0 saturated carbocycles. The minimum atomic E-state index is 0.550. The predicted molar refractivity (Wildman–Crippen MR) is 75.8 cm³/mol. The van der Waals surface area contributed by atoms with Crippen LogP contribution in [0.3, 0.4) is 0 Å². The van der Waals surface area contributed by atoms with E-state index in [1.54, 1.807) is 11.3 Å². The van der Waals surface area contributed by atoms with Gasteiger partial charge in [-0.3, -0.25) is 0 Å². The molecule has 0 atom stereocenters. The number of nitrogen functional groups attached to an aromatic ring is 1. The Kier molecular flexibility index (Phi) is 3.15. The third-order valence-corrected chi connectivity index (χ3v) is 4.04. The summed E-state index contributed by atoms with van der Waals surface area (Å²) in [4.78, 5) is 12.4. The minimum absolute atomic E-state index is 0.550. The summed E-state index contributed by atoms with van der Waals surface area (Å²) in [6.07, 6.45) is 3.73. The van der Waals surface area contributed by atoms with Crippen molar-refractivity contribution in [2.75, 3.05) is 23.7 Å². The van der Waals surface area contributed by atoms with Crippen molar-refractivity contribution in [3.05, 3.63) is 23.6 Å². The van der Waals surface area contributed by atoms with Crippen LogP contribution in [0.1, 0.15) is 19.3 Å². The van der Waals surface area contributed by atoms with Crippen LogP contribution in [-0.2, 0) is 0 Å². The molecule has 1 aliphatic rings. The average molecular weight is 260 g/mol. The summed E-state index contributed by atoms with van der Waals surface area (Å²) >= 11 is 1.68. The summed E-state index contributed by atoms with van der Waals surface area (Å²) in [6.45, 7) is 2.07. The van der Waals surface area contributed by atoms with Gasteiger partial charge in [-0.25, -0.2) is 4.98 Å². The SMILES string of the molecule is Nc1cc(-c2cccs2)nc(N2CCCCC2)n1. The molecule has 0 amide bonds. The number of aromatic nitrogens is 2. The van der Waals surface area contributed by atoms with Gasteiger partial charge < -0.3 is 10.6 Å². The summed E-state index contributed by atoms with van der Waals surface area (Å²) in [5.41, 5.74) is 6.83. The molecule has 2 aromatic rings. The zero-order valence-corrected chi connectivity index (χ0v) is 11.0. The number of hydrogen-bond donors (Lipinski definition) is 1. The fraction of sp³-hybridized carbons (Fsp3) is 0.385. The molecule has 0 radical (unpaired) electrons. The summed E-state index contributed by atoms with van der Waals surface area (Å²) in [6, 6.07) is 5.94. The van der Waals surface area contributed by atoms with Crippen molar-refractivity contribution < 1.29 is 0 Å². The van der Waals surface area contributed by atoms with Gasteiger partial charge in [0.25, 0.3) is 0 Å². The molecule has 0 unspecified atom stereocenters. The fourth-order valence-corrected chi connectivity index (χ4v) is 2.92. The van der Waals surface area contributed by atoms with E-state index in [-0.39, 0.29) is 0 Å². The zero-order chi connectivity index (χ0) is 12.4. The number of nitrogens with two attached hydrogens (primary N) is 1. The zero-order valence-electron chi connectivity index (χ0n) is 10.2. The van der Waals surface area contributed by atoms with Gasteiger partial charge in [-0.1, -0.05) is 6.07 Å². The Hall–Kier alpha value is -1.62. The third-order valence-electron chi connectivity index (χ3n) is 3.15. The molecule has 0 bridgehead atoms. The Balaban J connectivity index is 1.95. The van der Waals surface area contributed by atoms with Gasteiger partial charge in [0.05, 0.1) is 10.6 Å². The van der Waals surface area contributed by atoms with E-state index in [1.807, 2.05) is 17.5 Å². The fourth-order valence-electron chi connectivity index (χ4n) is 2.24. The number of thiophene rings is 1. The van der Waals surface area contributed by atoms with E-state index >= 15 is 0 Å². The monoisotopic (exact) mass is 260 g/mol. The van der Waals surface area contributed by atoms with Crippen molar-refractivity contribution in [2.45, 2.75) is 19.3 Å². The first-order valence-corrected chi connectivity index (χ1v) is 7.14. The Labute approximate surface area is 110 Å². The van der Waals surface area contributed by atoms with Crippen LogP contribution in [0.15, 0.2) is 23.6 Å². The van der Waals surface area contributed by atoms with Crippen LogP contribution in [-0.4, -0.2) is 23.1 Å². The van der Waals surface area contributed by atoms with E-state index in [4.69, 9.17) is 5.73 Å². The number of rotatable bonds is 2. The van der Waals surface area contributed by atoms with E-state index < -0.39 is 0 Å². The molecule has 0 spiro atoms. The van der Waals surface area contributed by atoms with Gasteiger partial charge in [-0.05, 0) is 30.7 Å². The highest BCUT2D eigenvalue weighted by Crippen LogP contribution is 2.26. The Bertz CT molecular complexity index is 518. The molecular formula is C13H16N4S. The first-order chi connectivity index (χ1) is 8.83. The maximum Gasteiger partial charge on any atom is 0.227 e. The summed E-state index contributed by atoms with van der Waals surface area (Å²) in [5.74, 6) is 1.33. The second kappa shape index (κ2) is 4.94. The summed E-state index contributed by atoms with van der Waals surface area (Å²) in [5, 5.41) is 2.05. The topological polar surface area (TPSA) is 55.0 Å². The van der Waals surface area contributed by atoms with Crippen LogP contribution >= 0.6 is 11.3 Å². The summed E-state index contributed by atoms with van der Waals surface area (Å²) in [7, 11) is 0. The van der Waals surface area contributed by atoms with E-state index in [2.05, 4.69) is 20.9 Å². The molecule has 1 aliphatic heterocycles. The van der Waals surface area contributed by atoms with Crippen molar-refractivity contribution in [1.82, 2.24) is 9.97 Å². The van der Waals surface area contributed by atoms with Crippen LogP contribution in [0.4, 0.5) is 11.8 Å². The molecule has 1 fully saturated rings. The first kappa shape index (κ1) is 11.5. The van der Waals surface area contributed by atoms with Crippen LogP contribution in [0, 0.1) is 0 Å². The molecule has 5 heteroatoms. The number of piperidine rings is 1. The second-order valence-corrected chi connectivity index (χ2v) is 5.45. The molecule has 94 valence electrons. The molecule has 2 aromatic heterocycles. The molecule has 3 heterocycles. The molecule has 2 N–H and O–H groups in total. The smallest absolute Gasteiger partial charge is 0.227 e. The lowest BCUT2D eigenvalue weighted by Gasteiger charge is -2.26. The predicted octanol–water partition coefficient (Wildman–Crippen LogP) is 2.78. The lowest BCUT2D eigenvalue weighted by molar-refractivity contribution is 0.568. The molecule has 0 aliphatic carbocycles. The average Bonchev–Trinajstić information content (AvgIpc) is 2.93. The van der Waals surface area contributed by atoms with E-state index in [0.717, 1.165) is 29.6 Å². The van der Waals surface area contributed by atoms with Crippen LogP contribution in [0.5, 0.6) is 0 Å². The number of nitrogens with zero attached hydrogens (tertiary/aromatic N) is 3. The first-order valence-electron chi connectivity index (χ1n) is 6.26. The Morgan fingerprint density at radius 1 is 1.17 bits per heavy atom. The molecule has 3 rings (SSSR count). The molecule has 0 aromatic carbocycles. The molecule has 4 nitrogen and oxygen atoms in total. The minimum Gasteiger partial charge on any atom is -0.384 e. The van der Waals surface area contributed by atoms with Crippen LogP contribution < -0.4 is 10.6 Å². The van der Waals surface area contributed by atoms with Crippen molar-refractivity contribution in [1.29, 1.82) is 0 Å². The van der Waals surface area contributed by atoms with Gasteiger partial charge >= 0.3 is 0 Å². The molecule has 18 heavy (non-hydrogen) atoms. The van der Waals surface area contributed by atoms with Crippen LogP contribution in [0.25, 0.3) is 10.6 Å². The van der Waals surface area contributed by atoms with E-state index in [1.165, 1.54) is 19.3 Å². The van der Waals surface area contributed by atoms with E-state index in [9.17, 15) is 0 Å². The quantitative estimate of drug-likeness (QED) is 0.902. The Morgan fingerprint density at radius 2 is 2.00 bits per heavy atom. The van der Waals surface area contributed by atoms with Gasteiger partial charge in [0.1, 0.15) is 5.82 Å². The van der Waals surface area contributed by atoms with Gasteiger partial charge in [-0.2, -0.15) is 4.98 Å².